The number of benzene rings is 2. The van der Waals surface area contributed by atoms with E-state index in [4.69, 9.17) is 10.5 Å². The van der Waals surface area contributed by atoms with Crippen LogP contribution in [0.15, 0.2) is 36.4 Å². The molecular weight excluding hydrogens is 280 g/mol. The number of carbonyl (C=O) groups excluding carboxylic acids is 1. The predicted molar refractivity (Wildman–Crippen MR) is 76.4 cm³/mol. The first-order valence-corrected chi connectivity index (χ1v) is 5.96. The van der Waals surface area contributed by atoms with Gasteiger partial charge in [0.2, 0.25) is 0 Å². The van der Waals surface area contributed by atoms with E-state index in [0.717, 1.165) is 6.07 Å². The number of urea groups is 1. The zero-order chi connectivity index (χ0) is 15.4. The number of rotatable bonds is 3. The van der Waals surface area contributed by atoms with Crippen LogP contribution in [0.3, 0.4) is 0 Å². The molecule has 2 aromatic carbocycles. The molecule has 5 nitrogen and oxygen atoms in total. The molecule has 0 aliphatic rings. The SMILES string of the molecule is COc1ccc(NC(=O)Nc2cc(N)c(F)cc2F)cc1. The molecule has 2 aromatic rings. The molecule has 0 aromatic heterocycles. The Morgan fingerprint density at radius 3 is 2.38 bits per heavy atom. The molecule has 0 bridgehead atoms. The molecular formula is C14H13F2N3O2. The van der Waals surface area contributed by atoms with Gasteiger partial charge in [-0.3, -0.25) is 0 Å². The minimum Gasteiger partial charge on any atom is -0.497 e. The van der Waals surface area contributed by atoms with Gasteiger partial charge in [-0.2, -0.15) is 0 Å². The highest BCUT2D eigenvalue weighted by atomic mass is 19.1. The summed E-state index contributed by atoms with van der Waals surface area (Å²) < 4.78 is 31.5. The van der Waals surface area contributed by atoms with Crippen molar-refractivity contribution in [2.75, 3.05) is 23.5 Å². The molecule has 0 unspecified atom stereocenters. The molecule has 21 heavy (non-hydrogen) atoms. The first kappa shape index (κ1) is 14.6. The van der Waals surface area contributed by atoms with Crippen LogP contribution >= 0.6 is 0 Å². The molecule has 0 saturated carbocycles. The number of methoxy groups -OCH3 is 1. The molecule has 2 amide bonds. The first-order valence-electron chi connectivity index (χ1n) is 5.96. The first-order chi connectivity index (χ1) is 9.99. The standard InChI is InChI=1S/C14H13F2N3O2/c1-21-9-4-2-8(3-5-9)18-14(20)19-13-7-12(17)10(15)6-11(13)16/h2-7H,17H2,1H3,(H2,18,19,20). The molecule has 0 spiro atoms. The largest absolute Gasteiger partial charge is 0.497 e. The number of amides is 2. The molecule has 0 saturated heterocycles. The van der Waals surface area contributed by atoms with Crippen molar-refractivity contribution in [2.45, 2.75) is 0 Å². The molecule has 0 radical (unpaired) electrons. The van der Waals surface area contributed by atoms with Crippen molar-refractivity contribution in [3.8, 4) is 5.75 Å². The van der Waals surface area contributed by atoms with Crippen molar-refractivity contribution < 1.29 is 18.3 Å². The van der Waals surface area contributed by atoms with Gasteiger partial charge in [0.1, 0.15) is 17.4 Å². The fourth-order valence-electron chi connectivity index (χ4n) is 1.62. The Kier molecular flexibility index (Phi) is 4.22. The van der Waals surface area contributed by atoms with Gasteiger partial charge in [0.15, 0.2) is 0 Å². The van der Waals surface area contributed by atoms with Crippen molar-refractivity contribution >= 4 is 23.1 Å². The maximum atomic E-state index is 13.5. The normalized spacial score (nSPS) is 10.0. The van der Waals surface area contributed by atoms with Gasteiger partial charge in [-0.1, -0.05) is 0 Å². The zero-order valence-corrected chi connectivity index (χ0v) is 11.1. The van der Waals surface area contributed by atoms with E-state index in [1.807, 2.05) is 0 Å². The van der Waals surface area contributed by atoms with E-state index in [-0.39, 0.29) is 11.4 Å². The third-order valence-electron chi connectivity index (χ3n) is 2.68. The van der Waals surface area contributed by atoms with Crippen LogP contribution in [0.25, 0.3) is 0 Å². The summed E-state index contributed by atoms with van der Waals surface area (Å²) in [6.07, 6.45) is 0. The molecule has 0 heterocycles. The maximum absolute atomic E-state index is 13.5. The highest BCUT2D eigenvalue weighted by molar-refractivity contribution is 6.00. The van der Waals surface area contributed by atoms with Crippen molar-refractivity contribution in [1.29, 1.82) is 0 Å². The van der Waals surface area contributed by atoms with E-state index < -0.39 is 17.7 Å². The van der Waals surface area contributed by atoms with Gasteiger partial charge in [0.25, 0.3) is 0 Å². The van der Waals surface area contributed by atoms with Crippen LogP contribution in [-0.2, 0) is 0 Å². The Morgan fingerprint density at radius 2 is 1.76 bits per heavy atom. The second kappa shape index (κ2) is 6.08. The molecule has 0 aliphatic carbocycles. The number of anilines is 3. The highest BCUT2D eigenvalue weighted by Gasteiger charge is 2.11. The molecule has 7 heteroatoms. The molecule has 2 rings (SSSR count). The van der Waals surface area contributed by atoms with Crippen LogP contribution in [0.2, 0.25) is 0 Å². The number of hydrogen-bond acceptors (Lipinski definition) is 3. The summed E-state index contributed by atoms with van der Waals surface area (Å²) in [6, 6.07) is 7.50. The zero-order valence-electron chi connectivity index (χ0n) is 11.1. The number of carbonyl (C=O) groups is 1. The molecule has 0 atom stereocenters. The lowest BCUT2D eigenvalue weighted by atomic mass is 10.2. The van der Waals surface area contributed by atoms with Gasteiger partial charge in [0.05, 0.1) is 18.5 Å². The van der Waals surface area contributed by atoms with Crippen LogP contribution < -0.4 is 21.1 Å². The summed E-state index contributed by atoms with van der Waals surface area (Å²) in [5, 5.41) is 4.75. The lowest BCUT2D eigenvalue weighted by Gasteiger charge is -2.10. The third kappa shape index (κ3) is 3.59. The Labute approximate surface area is 119 Å². The Hall–Kier alpha value is -2.83. The number of nitrogen functional groups attached to an aromatic ring is 1. The average molecular weight is 293 g/mol. The number of ether oxygens (including phenoxy) is 1. The van der Waals surface area contributed by atoms with E-state index in [9.17, 15) is 13.6 Å². The molecule has 0 aliphatic heterocycles. The third-order valence-corrected chi connectivity index (χ3v) is 2.68. The molecule has 4 N–H and O–H groups in total. The Balaban J connectivity index is 2.06. The van der Waals surface area contributed by atoms with Crippen LogP contribution in [0.5, 0.6) is 5.75 Å². The van der Waals surface area contributed by atoms with Crippen LogP contribution in [-0.4, -0.2) is 13.1 Å². The van der Waals surface area contributed by atoms with Crippen LogP contribution in [0, 0.1) is 11.6 Å². The Bertz CT molecular complexity index is 660. The molecule has 0 fully saturated rings. The van der Waals surface area contributed by atoms with Gasteiger partial charge < -0.3 is 21.1 Å². The number of hydrogen-bond donors (Lipinski definition) is 3. The minimum atomic E-state index is -0.911. The van der Waals surface area contributed by atoms with Gasteiger partial charge in [-0.25, -0.2) is 13.6 Å². The Morgan fingerprint density at radius 1 is 1.10 bits per heavy atom. The quantitative estimate of drug-likeness (QED) is 0.761. The van der Waals surface area contributed by atoms with Crippen molar-refractivity contribution in [1.82, 2.24) is 0 Å². The summed E-state index contributed by atoms with van der Waals surface area (Å²) in [5.74, 6) is -1.15. The molecule has 110 valence electrons. The van der Waals surface area contributed by atoms with E-state index in [1.54, 1.807) is 24.3 Å². The number of nitrogens with two attached hydrogens (primary N) is 1. The van der Waals surface area contributed by atoms with E-state index >= 15 is 0 Å². The summed E-state index contributed by atoms with van der Waals surface area (Å²) in [6.45, 7) is 0. The van der Waals surface area contributed by atoms with Crippen LogP contribution in [0.4, 0.5) is 30.6 Å². The maximum Gasteiger partial charge on any atom is 0.323 e. The van der Waals surface area contributed by atoms with Crippen LogP contribution in [0.1, 0.15) is 0 Å². The fraction of sp³-hybridized carbons (Fsp3) is 0.0714. The van der Waals surface area contributed by atoms with E-state index in [1.165, 1.54) is 7.11 Å². The summed E-state index contributed by atoms with van der Waals surface area (Å²) in [4.78, 5) is 11.7. The smallest absolute Gasteiger partial charge is 0.323 e. The number of nitrogens with one attached hydrogen (secondary N) is 2. The highest BCUT2D eigenvalue weighted by Crippen LogP contribution is 2.21. The lowest BCUT2D eigenvalue weighted by Crippen LogP contribution is -2.20. The van der Waals surface area contributed by atoms with Crippen molar-refractivity contribution in [2.24, 2.45) is 0 Å². The van der Waals surface area contributed by atoms with Gasteiger partial charge >= 0.3 is 6.03 Å². The van der Waals surface area contributed by atoms with E-state index in [2.05, 4.69) is 10.6 Å². The average Bonchev–Trinajstić information content (AvgIpc) is 2.45. The predicted octanol–water partition coefficient (Wildman–Crippen LogP) is 3.20. The lowest BCUT2D eigenvalue weighted by molar-refractivity contribution is 0.262. The summed E-state index contributed by atoms with van der Waals surface area (Å²) >= 11 is 0. The number of halogens is 2. The van der Waals surface area contributed by atoms with Crippen molar-refractivity contribution in [3.05, 3.63) is 48.0 Å². The summed E-state index contributed by atoms with van der Waals surface area (Å²) in [5.41, 5.74) is 5.35. The van der Waals surface area contributed by atoms with E-state index in [0.29, 0.717) is 17.5 Å². The second-order valence-electron chi connectivity index (χ2n) is 4.16. The minimum absolute atomic E-state index is 0.208. The van der Waals surface area contributed by atoms with Gasteiger partial charge in [0, 0.05) is 11.8 Å². The topological polar surface area (TPSA) is 76.4 Å². The summed E-state index contributed by atoms with van der Waals surface area (Å²) in [7, 11) is 1.52. The monoisotopic (exact) mass is 293 g/mol. The fourth-order valence-corrected chi connectivity index (χ4v) is 1.62. The van der Waals surface area contributed by atoms with Crippen molar-refractivity contribution in [3.63, 3.8) is 0 Å². The van der Waals surface area contributed by atoms with Gasteiger partial charge in [-0.15, -0.1) is 0 Å². The second-order valence-corrected chi connectivity index (χ2v) is 4.16. The van der Waals surface area contributed by atoms with Gasteiger partial charge in [-0.05, 0) is 30.3 Å².